The number of ether oxygens (including phenoxy) is 1. The van der Waals surface area contributed by atoms with Gasteiger partial charge in [-0.3, -0.25) is 0 Å². The largest absolute Gasteiger partial charge is 0.377 e. The summed E-state index contributed by atoms with van der Waals surface area (Å²) >= 11 is 0. The maximum Gasteiger partial charge on any atom is 0.0594 e. The van der Waals surface area contributed by atoms with Crippen LogP contribution in [-0.4, -0.2) is 25.3 Å². The van der Waals surface area contributed by atoms with Gasteiger partial charge in [-0.1, -0.05) is 19.3 Å². The Hall–Kier alpha value is -0.0800. The molecule has 2 heteroatoms. The molecule has 1 N–H and O–H groups in total. The molecule has 0 aliphatic heterocycles. The Balaban J connectivity index is 1.20. The summed E-state index contributed by atoms with van der Waals surface area (Å²) in [7, 11) is 0. The molecule has 0 saturated heterocycles. The highest BCUT2D eigenvalue weighted by Crippen LogP contribution is 2.58. The van der Waals surface area contributed by atoms with Gasteiger partial charge in [-0.25, -0.2) is 0 Å². The van der Waals surface area contributed by atoms with E-state index in [1.807, 2.05) is 0 Å². The SMILES string of the molecule is C1CCC(OCCNC2CC3CC2C2CCCC32)C1. The molecule has 4 rings (SSSR count). The van der Waals surface area contributed by atoms with Crippen LogP contribution < -0.4 is 5.32 Å². The van der Waals surface area contributed by atoms with Crippen molar-refractivity contribution in [1.29, 1.82) is 0 Å². The van der Waals surface area contributed by atoms with Crippen LogP contribution in [0.2, 0.25) is 0 Å². The molecule has 0 radical (unpaired) electrons. The maximum atomic E-state index is 5.97. The van der Waals surface area contributed by atoms with Crippen molar-refractivity contribution in [3.05, 3.63) is 0 Å². The second-order valence-electron chi connectivity index (χ2n) is 7.49. The molecule has 108 valence electrons. The average molecular weight is 263 g/mol. The van der Waals surface area contributed by atoms with Gasteiger partial charge in [0.05, 0.1) is 12.7 Å². The van der Waals surface area contributed by atoms with E-state index in [1.54, 1.807) is 6.42 Å². The molecule has 2 bridgehead atoms. The van der Waals surface area contributed by atoms with E-state index >= 15 is 0 Å². The Morgan fingerprint density at radius 1 is 0.842 bits per heavy atom. The van der Waals surface area contributed by atoms with Crippen LogP contribution in [0.25, 0.3) is 0 Å². The van der Waals surface area contributed by atoms with Crippen molar-refractivity contribution in [1.82, 2.24) is 5.32 Å². The molecule has 0 spiro atoms. The summed E-state index contributed by atoms with van der Waals surface area (Å²) in [6, 6.07) is 0.830. The summed E-state index contributed by atoms with van der Waals surface area (Å²) in [5.41, 5.74) is 0. The van der Waals surface area contributed by atoms with Gasteiger partial charge in [0.2, 0.25) is 0 Å². The zero-order valence-electron chi connectivity index (χ0n) is 12.2. The maximum absolute atomic E-state index is 5.97. The van der Waals surface area contributed by atoms with Crippen LogP contribution in [0.4, 0.5) is 0 Å². The molecule has 2 nitrogen and oxygen atoms in total. The Labute approximate surface area is 117 Å². The number of rotatable bonds is 5. The van der Waals surface area contributed by atoms with Crippen LogP contribution >= 0.6 is 0 Å². The summed E-state index contributed by atoms with van der Waals surface area (Å²) in [5.74, 6) is 4.31. The molecular formula is C17H29NO. The van der Waals surface area contributed by atoms with Gasteiger partial charge in [-0.05, 0) is 62.2 Å². The van der Waals surface area contributed by atoms with Crippen molar-refractivity contribution in [2.24, 2.45) is 23.7 Å². The number of hydrogen-bond donors (Lipinski definition) is 1. The molecule has 5 unspecified atom stereocenters. The molecule has 0 heterocycles. The first-order chi connectivity index (χ1) is 9.42. The normalized spacial score (nSPS) is 45.2. The minimum absolute atomic E-state index is 0.584. The third-order valence-electron chi connectivity index (χ3n) is 6.59. The van der Waals surface area contributed by atoms with Gasteiger partial charge in [-0.15, -0.1) is 0 Å². The van der Waals surface area contributed by atoms with E-state index in [-0.39, 0.29) is 0 Å². The smallest absolute Gasteiger partial charge is 0.0594 e. The van der Waals surface area contributed by atoms with Gasteiger partial charge in [0.15, 0.2) is 0 Å². The standard InChI is InChI=1S/C17H29NO/c1-2-5-13(4-1)19-9-8-18-17-11-12-10-16(17)15-7-3-6-14(12)15/h12-18H,1-11H2. The van der Waals surface area contributed by atoms with Crippen molar-refractivity contribution in [2.45, 2.75) is 69.9 Å². The predicted molar refractivity (Wildman–Crippen MR) is 77.0 cm³/mol. The monoisotopic (exact) mass is 263 g/mol. The average Bonchev–Trinajstić information content (AvgIpc) is 3.14. The number of hydrogen-bond acceptors (Lipinski definition) is 2. The van der Waals surface area contributed by atoms with Crippen LogP contribution in [0.3, 0.4) is 0 Å². The van der Waals surface area contributed by atoms with E-state index < -0.39 is 0 Å². The fourth-order valence-electron chi connectivity index (χ4n) is 5.83. The molecule has 19 heavy (non-hydrogen) atoms. The lowest BCUT2D eigenvalue weighted by Crippen LogP contribution is -2.40. The Morgan fingerprint density at radius 2 is 1.68 bits per heavy atom. The molecule has 4 saturated carbocycles. The summed E-state index contributed by atoms with van der Waals surface area (Å²) in [5, 5.41) is 3.82. The second kappa shape index (κ2) is 5.37. The highest BCUT2D eigenvalue weighted by atomic mass is 16.5. The van der Waals surface area contributed by atoms with E-state index in [0.29, 0.717) is 6.10 Å². The lowest BCUT2D eigenvalue weighted by molar-refractivity contribution is 0.0568. The van der Waals surface area contributed by atoms with E-state index in [4.69, 9.17) is 4.74 Å². The third-order valence-corrected chi connectivity index (χ3v) is 6.59. The van der Waals surface area contributed by atoms with E-state index in [9.17, 15) is 0 Å². The van der Waals surface area contributed by atoms with E-state index in [2.05, 4.69) is 5.32 Å². The summed E-state index contributed by atoms with van der Waals surface area (Å²) < 4.78 is 5.97. The molecule has 0 aromatic carbocycles. The molecule has 4 aliphatic rings. The summed E-state index contributed by atoms with van der Waals surface area (Å²) in [4.78, 5) is 0. The lowest BCUT2D eigenvalue weighted by Gasteiger charge is -2.32. The van der Waals surface area contributed by atoms with Gasteiger partial charge >= 0.3 is 0 Å². The fourth-order valence-corrected chi connectivity index (χ4v) is 5.83. The molecule has 4 aliphatic carbocycles. The third kappa shape index (κ3) is 2.35. The van der Waals surface area contributed by atoms with Gasteiger partial charge in [0, 0.05) is 12.6 Å². The minimum atomic E-state index is 0.584. The van der Waals surface area contributed by atoms with E-state index in [0.717, 1.165) is 42.9 Å². The molecule has 5 atom stereocenters. The first-order valence-corrected chi connectivity index (χ1v) is 8.77. The van der Waals surface area contributed by atoms with Crippen molar-refractivity contribution in [2.75, 3.05) is 13.2 Å². The van der Waals surface area contributed by atoms with Crippen LogP contribution in [-0.2, 0) is 4.74 Å². The quantitative estimate of drug-likeness (QED) is 0.768. The molecule has 4 fully saturated rings. The van der Waals surface area contributed by atoms with Gasteiger partial charge in [0.1, 0.15) is 0 Å². The molecule has 0 aromatic heterocycles. The summed E-state index contributed by atoms with van der Waals surface area (Å²) in [6.07, 6.45) is 13.6. The molecular weight excluding hydrogens is 234 g/mol. The summed E-state index contributed by atoms with van der Waals surface area (Å²) in [6.45, 7) is 2.02. The highest BCUT2D eigenvalue weighted by molar-refractivity contribution is 5.05. The van der Waals surface area contributed by atoms with Crippen molar-refractivity contribution >= 4 is 0 Å². The van der Waals surface area contributed by atoms with Crippen LogP contribution in [0.5, 0.6) is 0 Å². The lowest BCUT2D eigenvalue weighted by atomic mass is 9.79. The highest BCUT2D eigenvalue weighted by Gasteiger charge is 2.53. The Bertz CT molecular complexity index is 312. The molecule has 0 amide bonds. The minimum Gasteiger partial charge on any atom is -0.377 e. The Morgan fingerprint density at radius 3 is 2.58 bits per heavy atom. The van der Waals surface area contributed by atoms with Gasteiger partial charge in [0.25, 0.3) is 0 Å². The van der Waals surface area contributed by atoms with Crippen molar-refractivity contribution < 1.29 is 4.74 Å². The van der Waals surface area contributed by atoms with Gasteiger partial charge < -0.3 is 10.1 Å². The number of nitrogens with one attached hydrogen (secondary N) is 1. The number of fused-ring (bicyclic) bond motifs is 5. The second-order valence-corrected chi connectivity index (χ2v) is 7.49. The van der Waals surface area contributed by atoms with Crippen LogP contribution in [0.1, 0.15) is 57.8 Å². The molecule has 0 aromatic rings. The van der Waals surface area contributed by atoms with E-state index in [1.165, 1.54) is 51.4 Å². The predicted octanol–water partition coefficient (Wildman–Crippen LogP) is 3.36. The Kier molecular flexibility index (Phi) is 3.57. The first-order valence-electron chi connectivity index (χ1n) is 8.77. The van der Waals surface area contributed by atoms with Crippen molar-refractivity contribution in [3.8, 4) is 0 Å². The zero-order chi connectivity index (χ0) is 12.7. The van der Waals surface area contributed by atoms with Crippen molar-refractivity contribution in [3.63, 3.8) is 0 Å². The topological polar surface area (TPSA) is 21.3 Å². The van der Waals surface area contributed by atoms with Gasteiger partial charge in [-0.2, -0.15) is 0 Å². The van der Waals surface area contributed by atoms with Crippen LogP contribution in [0.15, 0.2) is 0 Å². The first kappa shape index (κ1) is 12.6. The fraction of sp³-hybridized carbons (Fsp3) is 1.00. The zero-order valence-corrected chi connectivity index (χ0v) is 12.2. The van der Waals surface area contributed by atoms with Crippen LogP contribution in [0, 0.1) is 23.7 Å².